The molecular weight excluding hydrogens is 542 g/mol. The molecule has 0 spiro atoms. The Morgan fingerprint density at radius 2 is 0.791 bits per heavy atom. The van der Waals surface area contributed by atoms with Crippen LogP contribution in [0.1, 0.15) is 156 Å². The first kappa shape index (κ1) is 41.1. The van der Waals surface area contributed by atoms with Gasteiger partial charge in [-0.2, -0.15) is 0 Å². The van der Waals surface area contributed by atoms with Crippen LogP contribution in [0.3, 0.4) is 0 Å². The number of unbranched alkanes of at least 4 members (excludes halogenated alkanes) is 15. The van der Waals surface area contributed by atoms with E-state index in [2.05, 4.69) is 19.1 Å². The Labute approximate surface area is 264 Å². The van der Waals surface area contributed by atoms with Crippen molar-refractivity contribution >= 4 is 17.9 Å². The highest BCUT2D eigenvalue weighted by molar-refractivity contribution is 5.71. The third-order valence-electron chi connectivity index (χ3n) is 9.24. The Hall–Kier alpha value is -1.89. The molecule has 0 aliphatic rings. The summed E-state index contributed by atoms with van der Waals surface area (Å²) >= 11 is 0. The fourth-order valence-corrected chi connectivity index (χ4v) is 6.27. The van der Waals surface area contributed by atoms with Crippen LogP contribution in [0.5, 0.6) is 0 Å². The molecule has 0 saturated carbocycles. The molecule has 0 saturated heterocycles. The number of hydrogen-bond donors (Lipinski definition) is 3. The Morgan fingerprint density at radius 1 is 0.488 bits per heavy atom. The molecule has 0 aliphatic carbocycles. The van der Waals surface area contributed by atoms with Gasteiger partial charge in [0.2, 0.25) is 0 Å². The van der Waals surface area contributed by atoms with Crippen LogP contribution in [0.25, 0.3) is 0 Å². The van der Waals surface area contributed by atoms with Crippen molar-refractivity contribution in [2.45, 2.75) is 156 Å². The summed E-state index contributed by atoms with van der Waals surface area (Å²) in [6, 6.07) is 0. The quantitative estimate of drug-likeness (QED) is 0.0410. The average molecular weight is 611 g/mol. The van der Waals surface area contributed by atoms with Gasteiger partial charge in [-0.25, -0.2) is 0 Å². The van der Waals surface area contributed by atoms with Gasteiger partial charge < -0.3 is 19.8 Å². The highest BCUT2D eigenvalue weighted by Gasteiger charge is 2.40. The zero-order chi connectivity index (χ0) is 32.3. The Kier molecular flexibility index (Phi) is 25.3. The minimum atomic E-state index is -0.887. The summed E-state index contributed by atoms with van der Waals surface area (Å²) in [5, 5.41) is 29.5. The molecular formula is C36H68NO6+. The van der Waals surface area contributed by atoms with Gasteiger partial charge in [-0.05, 0) is 57.8 Å². The molecule has 3 N–H and O–H groups in total. The number of allylic oxidation sites excluding steroid dienone is 2. The first-order valence-electron chi connectivity index (χ1n) is 17.8. The van der Waals surface area contributed by atoms with Crippen LogP contribution in [0.4, 0.5) is 0 Å². The Morgan fingerprint density at radius 3 is 1.09 bits per heavy atom. The summed E-state index contributed by atoms with van der Waals surface area (Å²) in [5.41, 5.74) is 0. The van der Waals surface area contributed by atoms with E-state index >= 15 is 0 Å². The first-order chi connectivity index (χ1) is 20.7. The summed E-state index contributed by atoms with van der Waals surface area (Å²) < 4.78 is 0.259. The lowest BCUT2D eigenvalue weighted by Gasteiger charge is -2.43. The molecule has 252 valence electrons. The van der Waals surface area contributed by atoms with E-state index in [1.165, 1.54) is 89.9 Å². The Balaban J connectivity index is 4.63. The smallest absolute Gasteiger partial charge is 0.312 e. The zero-order valence-corrected chi connectivity index (χ0v) is 28.4. The van der Waals surface area contributed by atoms with Crippen molar-refractivity contribution in [1.82, 2.24) is 0 Å². The second-order valence-electron chi connectivity index (χ2n) is 12.9. The van der Waals surface area contributed by atoms with E-state index in [0.29, 0.717) is 25.8 Å². The van der Waals surface area contributed by atoms with Gasteiger partial charge in [0, 0.05) is 0 Å². The fraction of sp³-hybridized carbons (Fsp3) is 0.861. The van der Waals surface area contributed by atoms with E-state index in [-0.39, 0.29) is 24.1 Å². The van der Waals surface area contributed by atoms with Crippen molar-refractivity contribution in [2.24, 2.45) is 17.8 Å². The summed E-state index contributed by atoms with van der Waals surface area (Å²) in [6.07, 6.45) is 27.0. The first-order valence-corrected chi connectivity index (χ1v) is 17.8. The van der Waals surface area contributed by atoms with Crippen LogP contribution in [0.2, 0.25) is 0 Å². The molecule has 0 aromatic heterocycles. The molecule has 0 aliphatic heterocycles. The van der Waals surface area contributed by atoms with Crippen LogP contribution in [0, 0.1) is 17.8 Å². The van der Waals surface area contributed by atoms with E-state index in [9.17, 15) is 29.7 Å². The number of aliphatic carboxylic acids is 3. The lowest BCUT2D eigenvalue weighted by Crippen LogP contribution is -2.58. The summed E-state index contributed by atoms with van der Waals surface area (Å²) in [4.78, 5) is 36.0. The lowest BCUT2D eigenvalue weighted by molar-refractivity contribution is -0.935. The Bertz CT molecular complexity index is 692. The van der Waals surface area contributed by atoms with Crippen LogP contribution in [-0.4, -0.2) is 63.9 Å². The highest BCUT2D eigenvalue weighted by atomic mass is 16.4. The molecule has 0 radical (unpaired) electrons. The largest absolute Gasteiger partial charge is 0.481 e. The van der Waals surface area contributed by atoms with Gasteiger partial charge in [-0.3, -0.25) is 14.4 Å². The van der Waals surface area contributed by atoms with Crippen LogP contribution < -0.4 is 0 Å². The SMILES string of the molecule is CCCCCC/C=C/CCCCCCCCCCCCC[N+](CC(CC)C(=O)O)(CC(CC)C(=O)O)CC(CC)C(=O)O. The third kappa shape index (κ3) is 20.7. The van der Waals surface area contributed by atoms with Gasteiger partial charge in [0.1, 0.15) is 17.8 Å². The van der Waals surface area contributed by atoms with E-state index in [4.69, 9.17) is 0 Å². The second kappa shape index (κ2) is 26.5. The summed E-state index contributed by atoms with van der Waals surface area (Å²) in [5.74, 6) is -4.51. The van der Waals surface area contributed by atoms with E-state index in [0.717, 1.165) is 19.3 Å². The van der Waals surface area contributed by atoms with Crippen LogP contribution >= 0.6 is 0 Å². The van der Waals surface area contributed by atoms with Crippen molar-refractivity contribution < 1.29 is 34.2 Å². The standard InChI is InChI=1S/C36H67NO6/c1-5-9-10-11-12-13-14-15-16-17-18-19-20-21-22-23-24-25-26-27-37(28-31(6-2)34(38)39,29-32(7-3)35(40)41)30-33(8-4)36(42)43/h13-14,31-33H,5-12,15-30H2,1-4H3,(H2-,38,39,40,41,42,43)/p+1/b14-13+. The molecule has 7 nitrogen and oxygen atoms in total. The van der Waals surface area contributed by atoms with Gasteiger partial charge in [0.15, 0.2) is 0 Å². The third-order valence-corrected chi connectivity index (χ3v) is 9.24. The zero-order valence-electron chi connectivity index (χ0n) is 28.4. The molecule has 0 bridgehead atoms. The van der Waals surface area contributed by atoms with E-state index in [1.54, 1.807) is 0 Å². The van der Waals surface area contributed by atoms with E-state index in [1.807, 2.05) is 20.8 Å². The molecule has 0 fully saturated rings. The maximum Gasteiger partial charge on any atom is 0.312 e. The number of carbonyl (C=O) groups is 3. The van der Waals surface area contributed by atoms with Gasteiger partial charge in [0.25, 0.3) is 0 Å². The van der Waals surface area contributed by atoms with Crippen molar-refractivity contribution in [2.75, 3.05) is 26.2 Å². The number of nitrogens with zero attached hydrogens (tertiary/aromatic N) is 1. The number of quaternary nitrogens is 1. The molecule has 0 heterocycles. The molecule has 0 amide bonds. The fourth-order valence-electron chi connectivity index (χ4n) is 6.27. The monoisotopic (exact) mass is 611 g/mol. The maximum absolute atomic E-state index is 12.0. The number of hydrogen-bond acceptors (Lipinski definition) is 3. The second-order valence-corrected chi connectivity index (χ2v) is 12.9. The summed E-state index contributed by atoms with van der Waals surface area (Å²) in [6.45, 7) is 9.26. The average Bonchev–Trinajstić information content (AvgIpc) is 2.98. The van der Waals surface area contributed by atoms with Crippen molar-refractivity contribution in [3.63, 3.8) is 0 Å². The van der Waals surface area contributed by atoms with Crippen molar-refractivity contribution in [1.29, 1.82) is 0 Å². The van der Waals surface area contributed by atoms with Crippen LogP contribution in [0.15, 0.2) is 12.2 Å². The van der Waals surface area contributed by atoms with Crippen LogP contribution in [-0.2, 0) is 14.4 Å². The highest BCUT2D eigenvalue weighted by Crippen LogP contribution is 2.25. The van der Waals surface area contributed by atoms with Gasteiger partial charge in [-0.15, -0.1) is 0 Å². The molecule has 0 aromatic carbocycles. The number of carboxylic acids is 3. The van der Waals surface area contributed by atoms with Crippen molar-refractivity contribution in [3.8, 4) is 0 Å². The minimum absolute atomic E-state index is 0.259. The molecule has 0 rings (SSSR count). The van der Waals surface area contributed by atoms with E-state index < -0.39 is 35.7 Å². The maximum atomic E-state index is 12.0. The predicted molar refractivity (Wildman–Crippen MR) is 177 cm³/mol. The molecule has 7 heteroatoms. The molecule has 3 unspecified atom stereocenters. The van der Waals surface area contributed by atoms with Gasteiger partial charge in [0.05, 0.1) is 26.2 Å². The lowest BCUT2D eigenvalue weighted by atomic mass is 9.95. The number of rotatable bonds is 31. The van der Waals surface area contributed by atoms with Gasteiger partial charge >= 0.3 is 17.9 Å². The normalized spacial score (nSPS) is 15.3. The molecule has 0 aromatic rings. The molecule has 43 heavy (non-hydrogen) atoms. The molecule has 3 atom stereocenters. The predicted octanol–water partition coefficient (Wildman–Crippen LogP) is 9.34. The topological polar surface area (TPSA) is 112 Å². The minimum Gasteiger partial charge on any atom is -0.481 e. The number of carboxylic acid groups (broad SMARTS) is 3. The van der Waals surface area contributed by atoms with Crippen molar-refractivity contribution in [3.05, 3.63) is 12.2 Å². The summed E-state index contributed by atoms with van der Waals surface area (Å²) in [7, 11) is 0. The van der Waals surface area contributed by atoms with Gasteiger partial charge in [-0.1, -0.05) is 110 Å².